The lowest BCUT2D eigenvalue weighted by Gasteiger charge is -2.21. The van der Waals surface area contributed by atoms with Crippen molar-refractivity contribution in [3.05, 3.63) is 207 Å². The Balaban J connectivity index is 4.74. The van der Waals surface area contributed by atoms with Gasteiger partial charge in [-0.25, -0.2) is 9.13 Å². The molecule has 0 saturated heterocycles. The lowest BCUT2D eigenvalue weighted by Crippen LogP contribution is -2.30. The van der Waals surface area contributed by atoms with Crippen molar-refractivity contribution in [3.8, 4) is 0 Å². The van der Waals surface area contributed by atoms with E-state index in [2.05, 4.69) is 209 Å². The largest absolute Gasteiger partial charge is 0.472 e. The van der Waals surface area contributed by atoms with Gasteiger partial charge in [-0.3, -0.25) is 32.5 Å². The van der Waals surface area contributed by atoms with E-state index in [1.165, 1.54) is 19.3 Å². The second kappa shape index (κ2) is 73.9. The summed E-state index contributed by atoms with van der Waals surface area (Å²) in [5.74, 6) is -1.74. The van der Waals surface area contributed by atoms with E-state index in [1.807, 2.05) is 18.2 Å². The first-order valence-corrected chi connectivity index (χ1v) is 40.4. The molecule has 0 heterocycles. The Morgan fingerprint density at radius 1 is 0.277 bits per heavy atom. The minimum atomic E-state index is -4.97. The maximum absolute atomic E-state index is 13.0. The summed E-state index contributed by atoms with van der Waals surface area (Å²) in [6.45, 7) is 2.15. The number of ether oxygens (including phenoxy) is 3. The van der Waals surface area contributed by atoms with Crippen LogP contribution in [0.5, 0.6) is 0 Å². The molecule has 0 aromatic rings. The van der Waals surface area contributed by atoms with Crippen molar-refractivity contribution in [2.75, 3.05) is 39.6 Å². The summed E-state index contributed by atoms with van der Waals surface area (Å²) in [7, 11) is -9.84. The van der Waals surface area contributed by atoms with Crippen LogP contribution in [-0.2, 0) is 55.8 Å². The molecule has 0 aromatic heterocycles. The SMILES string of the molecule is CC/C=C\C/C=C\C/C=C\C/C=C\C/C=C\C/C=C\CCCCCCCCCCC(=O)OCC(O)COP(=O)(O)OCC(O)COP(=O)(O)OCC(COC(=O)CC/C=C\C/C=C\C/C=C\C/C=C\C/C=C\C/C=C\CC)OC(=O)CCCCC/C=C\C/C=C\C/C=C\C/C=C\C/C=C\CC. The van der Waals surface area contributed by atoms with Crippen LogP contribution in [0.4, 0.5) is 0 Å². The molecule has 4 N–H and O–H groups in total. The highest BCUT2D eigenvalue weighted by atomic mass is 31.2. The number of rotatable bonds is 68. The fourth-order valence-corrected chi connectivity index (χ4v) is 10.5. The molecule has 0 amide bonds. The first-order chi connectivity index (χ1) is 49.2. The second-order valence-electron chi connectivity index (χ2n) is 23.9. The highest BCUT2D eigenvalue weighted by Crippen LogP contribution is 2.45. The van der Waals surface area contributed by atoms with Crippen LogP contribution in [-0.4, -0.2) is 95.9 Å². The average molecular weight is 1450 g/mol. The van der Waals surface area contributed by atoms with Gasteiger partial charge in [0.2, 0.25) is 0 Å². The van der Waals surface area contributed by atoms with E-state index in [-0.39, 0.29) is 19.3 Å². The van der Waals surface area contributed by atoms with Crippen LogP contribution in [0.2, 0.25) is 0 Å². The number of hydrogen-bond donors (Lipinski definition) is 4. The van der Waals surface area contributed by atoms with E-state index in [4.69, 9.17) is 32.3 Å². The summed E-state index contributed by atoms with van der Waals surface area (Å²) in [4.78, 5) is 58.5. The zero-order chi connectivity index (χ0) is 73.7. The third-order valence-electron chi connectivity index (χ3n) is 14.5. The summed E-state index contributed by atoms with van der Waals surface area (Å²) in [6.07, 6.45) is 97.4. The summed E-state index contributed by atoms with van der Waals surface area (Å²) < 4.78 is 60.9. The van der Waals surface area contributed by atoms with Gasteiger partial charge in [0.15, 0.2) is 6.10 Å². The molecule has 18 heteroatoms. The van der Waals surface area contributed by atoms with Gasteiger partial charge in [-0.1, -0.05) is 272 Å². The Morgan fingerprint density at radius 2 is 0.515 bits per heavy atom. The van der Waals surface area contributed by atoms with Gasteiger partial charge in [0.05, 0.1) is 26.4 Å². The molecule has 0 aliphatic heterocycles. The molecule has 0 saturated carbocycles. The predicted octanol–water partition coefficient (Wildman–Crippen LogP) is 21.8. The maximum Gasteiger partial charge on any atom is 0.472 e. The highest BCUT2D eigenvalue weighted by Gasteiger charge is 2.29. The van der Waals surface area contributed by atoms with E-state index < -0.39 is 91.5 Å². The summed E-state index contributed by atoms with van der Waals surface area (Å²) in [5, 5.41) is 20.6. The van der Waals surface area contributed by atoms with E-state index >= 15 is 0 Å². The molecule has 5 atom stereocenters. The van der Waals surface area contributed by atoms with E-state index in [9.17, 15) is 43.5 Å². The summed E-state index contributed by atoms with van der Waals surface area (Å²) in [5.41, 5.74) is 0. The number of carbonyl (C=O) groups excluding carboxylic acids is 3. The second-order valence-corrected chi connectivity index (χ2v) is 26.9. The number of allylic oxidation sites excluding steroid dienone is 34. The lowest BCUT2D eigenvalue weighted by atomic mass is 10.1. The Hall–Kier alpha value is -5.87. The van der Waals surface area contributed by atoms with Crippen molar-refractivity contribution in [1.82, 2.24) is 0 Å². The quantitative estimate of drug-likeness (QED) is 0.0146. The van der Waals surface area contributed by atoms with E-state index in [0.717, 1.165) is 154 Å². The molecule has 5 unspecified atom stereocenters. The fraction of sp³-hybridized carbons (Fsp3) is 0.554. The van der Waals surface area contributed by atoms with Gasteiger partial charge in [0, 0.05) is 19.3 Å². The number of hydrogen-bond acceptors (Lipinski definition) is 14. The lowest BCUT2D eigenvalue weighted by molar-refractivity contribution is -0.161. The smallest absolute Gasteiger partial charge is 0.463 e. The van der Waals surface area contributed by atoms with Crippen LogP contribution < -0.4 is 0 Å². The van der Waals surface area contributed by atoms with E-state index in [0.29, 0.717) is 25.7 Å². The molecule has 0 spiro atoms. The molecule has 0 aliphatic rings. The Kier molecular flexibility index (Phi) is 69.6. The monoisotopic (exact) mass is 1440 g/mol. The number of esters is 3. The first kappa shape index (κ1) is 95.1. The minimum Gasteiger partial charge on any atom is -0.463 e. The van der Waals surface area contributed by atoms with Crippen molar-refractivity contribution in [2.45, 2.75) is 257 Å². The van der Waals surface area contributed by atoms with Gasteiger partial charge in [0.1, 0.15) is 25.4 Å². The van der Waals surface area contributed by atoms with Crippen LogP contribution in [0.1, 0.15) is 239 Å². The minimum absolute atomic E-state index is 0.0283. The normalized spacial score (nSPS) is 15.2. The standard InChI is InChI=1S/C83H130O16P2/c1-4-7-10-13-16-19-22-25-28-31-34-35-36-37-38-39-40-41-44-46-48-51-54-57-60-63-66-69-81(86)93-72-78(84)73-95-100(89,90)96-74-79(85)75-97-101(91,92)98-77-80(99-83(88)71-68-65-62-59-56-53-50-47-43-33-30-27-24-21-18-15-12-9-6-3)76-94-82(87)70-67-64-61-58-55-52-49-45-42-32-29-26-23-20-17-14-11-8-5-2/h7-12,16-21,25-30,34-35,37-38,40-43,45,47,52-53,55-56,61,64,78-80,84-85H,4-6,13-15,22-24,31-33,36,39,44,46,48-51,54,57-60,62-63,65-77H2,1-3H3,(H,89,90)(H,91,92)/b10-7-,11-8-,12-9-,19-16-,20-17-,21-18-,28-25-,29-26-,30-27-,35-34-,38-37-,41-40-,45-42-,47-43-,55-52-,56-53-,64-61-. The third-order valence-corrected chi connectivity index (χ3v) is 16.4. The highest BCUT2D eigenvalue weighted by molar-refractivity contribution is 7.47. The van der Waals surface area contributed by atoms with Crippen LogP contribution in [0.25, 0.3) is 0 Å². The molecule has 0 aliphatic carbocycles. The number of aliphatic hydroxyl groups excluding tert-OH is 2. The van der Waals surface area contributed by atoms with Crippen molar-refractivity contribution in [1.29, 1.82) is 0 Å². The van der Waals surface area contributed by atoms with Gasteiger partial charge in [-0.15, -0.1) is 0 Å². The number of aliphatic hydroxyl groups is 2. The molecule has 101 heavy (non-hydrogen) atoms. The van der Waals surface area contributed by atoms with Crippen molar-refractivity contribution >= 4 is 33.6 Å². The molecule has 0 fully saturated rings. The predicted molar refractivity (Wildman–Crippen MR) is 417 cm³/mol. The molecule has 568 valence electrons. The summed E-state index contributed by atoms with van der Waals surface area (Å²) in [6, 6.07) is 0. The van der Waals surface area contributed by atoms with Gasteiger partial charge >= 0.3 is 33.6 Å². The van der Waals surface area contributed by atoms with Gasteiger partial charge < -0.3 is 34.2 Å². The molecule has 0 bridgehead atoms. The Bertz CT molecular complexity index is 2660. The van der Waals surface area contributed by atoms with Crippen LogP contribution in [0.3, 0.4) is 0 Å². The van der Waals surface area contributed by atoms with Crippen LogP contribution in [0.15, 0.2) is 207 Å². The summed E-state index contributed by atoms with van der Waals surface area (Å²) >= 11 is 0. The molecule has 16 nitrogen and oxygen atoms in total. The number of phosphoric ester groups is 2. The van der Waals surface area contributed by atoms with Gasteiger partial charge in [0.25, 0.3) is 0 Å². The zero-order valence-electron chi connectivity index (χ0n) is 61.7. The zero-order valence-corrected chi connectivity index (χ0v) is 63.5. The van der Waals surface area contributed by atoms with Crippen molar-refractivity contribution in [2.24, 2.45) is 0 Å². The van der Waals surface area contributed by atoms with Crippen molar-refractivity contribution in [3.63, 3.8) is 0 Å². The van der Waals surface area contributed by atoms with Crippen LogP contribution in [0, 0.1) is 0 Å². The average Bonchev–Trinajstić information content (AvgIpc) is 3.19. The Labute approximate surface area is 609 Å². The third kappa shape index (κ3) is 75.1. The molecule has 0 aromatic carbocycles. The molecular weight excluding hydrogens is 1310 g/mol. The maximum atomic E-state index is 13.0. The number of carbonyl (C=O) groups is 3. The van der Waals surface area contributed by atoms with Gasteiger partial charge in [-0.05, 0) is 154 Å². The Morgan fingerprint density at radius 3 is 0.851 bits per heavy atom. The van der Waals surface area contributed by atoms with Crippen LogP contribution >= 0.6 is 15.6 Å². The number of phosphoric acid groups is 2. The molecular formula is C83H130O16P2. The molecule has 0 rings (SSSR count). The number of unbranched alkanes of at least 4 members (excludes halogenated alkanes) is 11. The van der Waals surface area contributed by atoms with E-state index in [1.54, 1.807) is 0 Å². The topological polar surface area (TPSA) is 231 Å². The first-order valence-electron chi connectivity index (χ1n) is 37.4. The fourth-order valence-electron chi connectivity index (χ4n) is 8.92. The van der Waals surface area contributed by atoms with Gasteiger partial charge in [-0.2, -0.15) is 0 Å². The van der Waals surface area contributed by atoms with Crippen molar-refractivity contribution < 1.29 is 75.8 Å². The molecule has 0 radical (unpaired) electrons.